The van der Waals surface area contributed by atoms with Crippen molar-refractivity contribution in [3.05, 3.63) is 49.6 Å². The third-order valence-corrected chi connectivity index (χ3v) is 7.52. The second kappa shape index (κ2) is 7.45. The highest BCUT2D eigenvalue weighted by atomic mass is 35.5. The van der Waals surface area contributed by atoms with Gasteiger partial charge in [0.05, 0.1) is 26.1 Å². The summed E-state index contributed by atoms with van der Waals surface area (Å²) in [5.74, 6) is 0. The van der Waals surface area contributed by atoms with Crippen LogP contribution in [0.25, 0.3) is 10.2 Å². The summed E-state index contributed by atoms with van der Waals surface area (Å²) in [5.41, 5.74) is 0.577. The van der Waals surface area contributed by atoms with Gasteiger partial charge in [0.1, 0.15) is 4.21 Å². The van der Waals surface area contributed by atoms with Gasteiger partial charge in [-0.05, 0) is 18.2 Å². The first-order valence-corrected chi connectivity index (χ1v) is 10.6. The van der Waals surface area contributed by atoms with Crippen molar-refractivity contribution in [2.75, 3.05) is 13.7 Å². The fourth-order valence-electron chi connectivity index (χ4n) is 2.23. The van der Waals surface area contributed by atoms with E-state index in [2.05, 4.69) is 4.40 Å². The van der Waals surface area contributed by atoms with Crippen molar-refractivity contribution in [3.63, 3.8) is 0 Å². The second-order valence-electron chi connectivity index (χ2n) is 5.06. The molecule has 138 valence electrons. The van der Waals surface area contributed by atoms with E-state index in [0.717, 1.165) is 22.7 Å². The summed E-state index contributed by atoms with van der Waals surface area (Å²) in [6.45, 7) is 0.689. The van der Waals surface area contributed by atoms with Gasteiger partial charge in [-0.3, -0.25) is 10.1 Å². The molecule has 0 atom stereocenters. The number of sulfonamides is 1. The summed E-state index contributed by atoms with van der Waals surface area (Å²) < 4.78 is 36.7. The average Bonchev–Trinajstić information content (AvgIpc) is 3.16. The predicted molar refractivity (Wildman–Crippen MR) is 100 cm³/mol. The first-order valence-electron chi connectivity index (χ1n) is 7.15. The fourth-order valence-corrected chi connectivity index (χ4v) is 5.98. The number of non-ortho nitro benzene ring substituents is 1. The summed E-state index contributed by atoms with van der Waals surface area (Å²) in [5, 5.41) is 11.0. The summed E-state index contributed by atoms with van der Waals surface area (Å²) in [6, 6.07) is 7.23. The van der Waals surface area contributed by atoms with Crippen LogP contribution in [0.15, 0.2) is 38.9 Å². The lowest BCUT2D eigenvalue weighted by atomic mass is 10.3. The smallest absolute Gasteiger partial charge is 0.294 e. The maximum absolute atomic E-state index is 12.5. The van der Waals surface area contributed by atoms with Crippen molar-refractivity contribution < 1.29 is 18.1 Å². The molecule has 3 rings (SSSR count). The van der Waals surface area contributed by atoms with E-state index in [1.54, 1.807) is 10.6 Å². The largest absolute Gasteiger partial charge is 0.383 e. The number of nitro groups is 1. The third kappa shape index (κ3) is 3.81. The number of thiophene rings is 1. The number of aromatic nitrogens is 1. The minimum Gasteiger partial charge on any atom is -0.383 e. The normalized spacial score (nSPS) is 12.8. The van der Waals surface area contributed by atoms with Crippen LogP contribution in [0, 0.1) is 10.1 Å². The molecule has 3 aromatic rings. The van der Waals surface area contributed by atoms with Gasteiger partial charge in [-0.25, -0.2) is 0 Å². The van der Waals surface area contributed by atoms with Gasteiger partial charge >= 0.3 is 0 Å². The van der Waals surface area contributed by atoms with Gasteiger partial charge in [0.15, 0.2) is 0 Å². The van der Waals surface area contributed by atoms with Crippen molar-refractivity contribution in [1.29, 1.82) is 0 Å². The molecule has 0 bridgehead atoms. The predicted octanol–water partition coefficient (Wildman–Crippen LogP) is 3.26. The lowest BCUT2D eigenvalue weighted by Gasteiger charge is -2.04. The summed E-state index contributed by atoms with van der Waals surface area (Å²) in [6.07, 6.45) is 0. The van der Waals surface area contributed by atoms with Crippen LogP contribution in [0.3, 0.4) is 0 Å². The zero-order chi connectivity index (χ0) is 18.9. The Labute approximate surface area is 161 Å². The topological polar surface area (TPSA) is 104 Å². The number of benzene rings is 1. The third-order valence-electron chi connectivity index (χ3n) is 3.40. The van der Waals surface area contributed by atoms with E-state index in [4.69, 9.17) is 16.3 Å². The molecule has 0 fully saturated rings. The molecule has 0 amide bonds. The monoisotopic (exact) mass is 433 g/mol. The molecule has 0 radical (unpaired) electrons. The molecule has 12 heteroatoms. The number of ether oxygens (including phenoxy) is 1. The van der Waals surface area contributed by atoms with E-state index >= 15 is 0 Å². The van der Waals surface area contributed by atoms with Gasteiger partial charge in [-0.2, -0.15) is 8.42 Å². The van der Waals surface area contributed by atoms with E-state index in [9.17, 15) is 18.5 Å². The number of rotatable bonds is 6. The number of fused-ring (bicyclic) bond motifs is 1. The molecule has 1 aromatic carbocycles. The van der Waals surface area contributed by atoms with Crippen LogP contribution in [-0.2, 0) is 21.3 Å². The first kappa shape index (κ1) is 19.0. The number of nitrogens with zero attached hydrogens (tertiary/aromatic N) is 3. The van der Waals surface area contributed by atoms with Crippen LogP contribution in [0.1, 0.15) is 0 Å². The summed E-state index contributed by atoms with van der Waals surface area (Å²) >= 11 is 7.79. The minimum atomic E-state index is -3.94. The van der Waals surface area contributed by atoms with E-state index in [-0.39, 0.29) is 14.7 Å². The molecule has 0 aliphatic heterocycles. The van der Waals surface area contributed by atoms with Crippen molar-refractivity contribution in [3.8, 4) is 0 Å². The van der Waals surface area contributed by atoms with Crippen molar-refractivity contribution in [2.24, 2.45) is 4.40 Å². The van der Waals surface area contributed by atoms with Crippen LogP contribution in [0.5, 0.6) is 0 Å². The van der Waals surface area contributed by atoms with Crippen molar-refractivity contribution in [2.45, 2.75) is 10.8 Å². The summed E-state index contributed by atoms with van der Waals surface area (Å²) in [4.78, 5) is 10.7. The highest BCUT2D eigenvalue weighted by Gasteiger charge is 2.18. The van der Waals surface area contributed by atoms with Crippen LogP contribution in [-0.4, -0.2) is 31.6 Å². The van der Waals surface area contributed by atoms with Gasteiger partial charge in [0.2, 0.25) is 4.80 Å². The Morgan fingerprint density at radius 1 is 1.31 bits per heavy atom. The molecule has 2 heterocycles. The van der Waals surface area contributed by atoms with Gasteiger partial charge in [0, 0.05) is 25.8 Å². The molecule has 0 saturated heterocycles. The van der Waals surface area contributed by atoms with E-state index in [1.165, 1.54) is 31.4 Å². The molecular weight excluding hydrogens is 422 g/mol. The minimum absolute atomic E-state index is 0.0317. The van der Waals surface area contributed by atoms with Gasteiger partial charge in [-0.1, -0.05) is 22.9 Å². The zero-order valence-corrected chi connectivity index (χ0v) is 16.5. The maximum atomic E-state index is 12.5. The fraction of sp³-hybridized carbons (Fsp3) is 0.214. The zero-order valence-electron chi connectivity index (χ0n) is 13.3. The van der Waals surface area contributed by atoms with E-state index in [0.29, 0.717) is 27.7 Å². The number of hydrogen-bond donors (Lipinski definition) is 0. The maximum Gasteiger partial charge on any atom is 0.294 e. The molecule has 0 aliphatic carbocycles. The quantitative estimate of drug-likeness (QED) is 0.438. The molecule has 0 N–H and O–H groups in total. The molecular formula is C14H12ClN3O5S3. The average molecular weight is 434 g/mol. The molecule has 26 heavy (non-hydrogen) atoms. The Hall–Kier alpha value is -1.79. The van der Waals surface area contributed by atoms with E-state index in [1.807, 2.05) is 0 Å². The molecule has 2 aromatic heterocycles. The number of halogens is 1. The van der Waals surface area contributed by atoms with Gasteiger partial charge < -0.3 is 9.30 Å². The standard InChI is InChI=1S/C14H12ClN3O5S3/c1-23-7-6-17-10-3-2-9(18(19)20)8-11(10)24-14(17)16-26(21,22)13-5-4-12(15)25-13/h2-5,8H,6-7H2,1H3. The van der Waals surface area contributed by atoms with Crippen molar-refractivity contribution in [1.82, 2.24) is 4.57 Å². The Bertz CT molecular complexity index is 1150. The van der Waals surface area contributed by atoms with Crippen LogP contribution in [0.4, 0.5) is 5.69 Å². The van der Waals surface area contributed by atoms with Gasteiger partial charge in [-0.15, -0.1) is 15.7 Å². The number of hydrogen-bond acceptors (Lipinski definition) is 7. The molecule has 0 unspecified atom stereocenters. The Morgan fingerprint density at radius 2 is 2.08 bits per heavy atom. The SMILES string of the molecule is COCCn1c(=NS(=O)(=O)c2ccc(Cl)s2)sc2cc([N+](=O)[O-])ccc21. The van der Waals surface area contributed by atoms with Gasteiger partial charge in [0.25, 0.3) is 15.7 Å². The number of nitro benzene ring substituents is 1. The van der Waals surface area contributed by atoms with Crippen LogP contribution in [0.2, 0.25) is 4.34 Å². The first-order chi connectivity index (χ1) is 12.3. The molecule has 0 saturated carbocycles. The molecule has 0 spiro atoms. The molecule has 8 nitrogen and oxygen atoms in total. The van der Waals surface area contributed by atoms with Crippen molar-refractivity contribution >= 4 is 60.2 Å². The number of thiazole rings is 1. The Morgan fingerprint density at radius 3 is 2.69 bits per heavy atom. The Balaban J connectivity index is 2.21. The lowest BCUT2D eigenvalue weighted by Crippen LogP contribution is -2.19. The van der Waals surface area contributed by atoms with Crippen LogP contribution >= 0.6 is 34.3 Å². The van der Waals surface area contributed by atoms with E-state index < -0.39 is 14.9 Å². The lowest BCUT2D eigenvalue weighted by molar-refractivity contribution is -0.384. The molecule has 0 aliphatic rings. The Kier molecular flexibility index (Phi) is 5.44. The second-order valence-corrected chi connectivity index (χ2v) is 9.62. The highest BCUT2D eigenvalue weighted by Crippen LogP contribution is 2.27. The number of methoxy groups -OCH3 is 1. The summed E-state index contributed by atoms with van der Waals surface area (Å²) in [7, 11) is -2.41. The highest BCUT2D eigenvalue weighted by molar-refractivity contribution is 7.92. The van der Waals surface area contributed by atoms with Crippen LogP contribution < -0.4 is 4.80 Å².